The largest absolute Gasteiger partial charge is 0.480 e. The molecule has 6 heteroatoms. The highest BCUT2D eigenvalue weighted by molar-refractivity contribution is 7.98. The van der Waals surface area contributed by atoms with Gasteiger partial charge in [0.15, 0.2) is 5.16 Å². The molecule has 1 heterocycles. The minimum atomic E-state index is -0.869. The number of carboxylic acid groups (broad SMARTS) is 1. The van der Waals surface area contributed by atoms with Crippen LogP contribution in [-0.4, -0.2) is 33.8 Å². The zero-order valence-electron chi connectivity index (χ0n) is 7.73. The zero-order chi connectivity index (χ0) is 10.4. The molecule has 1 rings (SSSR count). The molecule has 0 saturated heterocycles. The maximum atomic E-state index is 10.2. The molecule has 0 aromatic carbocycles. The second kappa shape index (κ2) is 5.56. The number of carbonyl (C=O) groups is 1. The van der Waals surface area contributed by atoms with Crippen LogP contribution < -0.4 is 5.32 Å². The molecule has 0 aliphatic carbocycles. The lowest BCUT2D eigenvalue weighted by Gasteiger charge is -2.01. The number of nitrogens with one attached hydrogen (secondary N) is 1. The monoisotopic (exact) mass is 213 g/mol. The highest BCUT2D eigenvalue weighted by atomic mass is 32.2. The van der Waals surface area contributed by atoms with Crippen LogP contribution in [0.1, 0.15) is 5.56 Å². The van der Waals surface area contributed by atoms with E-state index < -0.39 is 5.97 Å². The molecule has 0 atom stereocenters. The van der Waals surface area contributed by atoms with Gasteiger partial charge >= 0.3 is 5.97 Å². The van der Waals surface area contributed by atoms with Crippen LogP contribution in [0, 0.1) is 0 Å². The van der Waals surface area contributed by atoms with Gasteiger partial charge in [-0.05, 0) is 6.26 Å². The van der Waals surface area contributed by atoms with Crippen LogP contribution >= 0.6 is 11.8 Å². The van der Waals surface area contributed by atoms with E-state index in [1.165, 1.54) is 11.8 Å². The molecule has 2 N–H and O–H groups in total. The summed E-state index contributed by atoms with van der Waals surface area (Å²) in [6.45, 7) is 0.422. The van der Waals surface area contributed by atoms with Gasteiger partial charge in [-0.25, -0.2) is 9.97 Å². The van der Waals surface area contributed by atoms with Crippen LogP contribution in [0.15, 0.2) is 17.6 Å². The van der Waals surface area contributed by atoms with Crippen molar-refractivity contribution in [1.29, 1.82) is 0 Å². The van der Waals surface area contributed by atoms with E-state index in [4.69, 9.17) is 5.11 Å². The second-order valence-corrected chi connectivity index (χ2v) is 3.35. The minimum absolute atomic E-state index is 0.0513. The molecule has 0 aliphatic heterocycles. The summed E-state index contributed by atoms with van der Waals surface area (Å²) < 4.78 is 0. The Hall–Kier alpha value is -1.14. The summed E-state index contributed by atoms with van der Waals surface area (Å²) in [7, 11) is 0. The molecule has 1 aromatic rings. The first-order chi connectivity index (χ1) is 6.72. The Kier molecular flexibility index (Phi) is 4.34. The molecule has 76 valence electrons. The number of aliphatic carboxylic acids is 1. The fraction of sp³-hybridized carbons (Fsp3) is 0.375. The number of carboxylic acids is 1. The topological polar surface area (TPSA) is 75.1 Å². The SMILES string of the molecule is CSc1ncc(CNCC(=O)O)cn1. The lowest BCUT2D eigenvalue weighted by molar-refractivity contribution is -0.135. The van der Waals surface area contributed by atoms with E-state index in [1.54, 1.807) is 12.4 Å². The molecule has 0 saturated carbocycles. The molecule has 0 radical (unpaired) electrons. The van der Waals surface area contributed by atoms with Crippen molar-refractivity contribution in [3.63, 3.8) is 0 Å². The van der Waals surface area contributed by atoms with Gasteiger partial charge in [0, 0.05) is 24.5 Å². The first-order valence-electron chi connectivity index (χ1n) is 4.00. The van der Waals surface area contributed by atoms with Crippen LogP contribution in [0.2, 0.25) is 0 Å². The van der Waals surface area contributed by atoms with Gasteiger partial charge in [-0.1, -0.05) is 11.8 Å². The normalized spacial score (nSPS) is 10.1. The first-order valence-corrected chi connectivity index (χ1v) is 5.22. The predicted molar refractivity (Wildman–Crippen MR) is 53.2 cm³/mol. The number of thioether (sulfide) groups is 1. The van der Waals surface area contributed by atoms with E-state index in [0.717, 1.165) is 5.56 Å². The minimum Gasteiger partial charge on any atom is -0.480 e. The Morgan fingerprint density at radius 3 is 2.71 bits per heavy atom. The number of hydrogen-bond donors (Lipinski definition) is 2. The Morgan fingerprint density at radius 1 is 1.57 bits per heavy atom. The molecule has 14 heavy (non-hydrogen) atoms. The third-order valence-corrected chi connectivity index (χ3v) is 2.05. The fourth-order valence-corrected chi connectivity index (χ4v) is 1.17. The standard InChI is InChI=1S/C8H11N3O2S/c1-14-8-10-3-6(4-11-8)2-9-5-7(12)13/h3-4,9H,2,5H2,1H3,(H,12,13). The summed E-state index contributed by atoms with van der Waals surface area (Å²) in [6.07, 6.45) is 5.28. The van der Waals surface area contributed by atoms with Gasteiger partial charge in [0.25, 0.3) is 0 Å². The number of aromatic nitrogens is 2. The van der Waals surface area contributed by atoms with Gasteiger partial charge in [-0.2, -0.15) is 0 Å². The van der Waals surface area contributed by atoms with Crippen LogP contribution in [0.4, 0.5) is 0 Å². The third kappa shape index (κ3) is 3.71. The van der Waals surface area contributed by atoms with Gasteiger partial charge in [-0.15, -0.1) is 0 Å². The number of hydrogen-bond acceptors (Lipinski definition) is 5. The maximum Gasteiger partial charge on any atom is 0.317 e. The molecule has 0 amide bonds. The van der Waals surface area contributed by atoms with E-state index in [9.17, 15) is 4.79 Å². The predicted octanol–water partition coefficient (Wildman–Crippen LogP) is 0.373. The molecule has 1 aromatic heterocycles. The van der Waals surface area contributed by atoms with Gasteiger partial charge < -0.3 is 10.4 Å². The summed E-state index contributed by atoms with van der Waals surface area (Å²) >= 11 is 1.47. The van der Waals surface area contributed by atoms with Crippen molar-refractivity contribution in [1.82, 2.24) is 15.3 Å². The van der Waals surface area contributed by atoms with Crippen LogP contribution in [0.5, 0.6) is 0 Å². The molecular formula is C8H11N3O2S. The fourth-order valence-electron chi connectivity index (χ4n) is 0.853. The molecule has 0 fully saturated rings. The quantitative estimate of drug-likeness (QED) is 0.544. The summed E-state index contributed by atoms with van der Waals surface area (Å²) in [5, 5.41) is 11.8. The Labute approximate surface area is 86.0 Å². The highest BCUT2D eigenvalue weighted by Crippen LogP contribution is 2.06. The first kappa shape index (κ1) is 10.9. The van der Waals surface area contributed by atoms with Crippen LogP contribution in [0.25, 0.3) is 0 Å². The van der Waals surface area contributed by atoms with Gasteiger partial charge in [-0.3, -0.25) is 4.79 Å². The summed E-state index contributed by atoms with van der Waals surface area (Å²) in [4.78, 5) is 18.3. The van der Waals surface area contributed by atoms with Crippen LogP contribution in [0.3, 0.4) is 0 Å². The lowest BCUT2D eigenvalue weighted by atomic mass is 10.3. The van der Waals surface area contributed by atoms with Crippen LogP contribution in [-0.2, 0) is 11.3 Å². The third-order valence-electron chi connectivity index (χ3n) is 1.47. The average molecular weight is 213 g/mol. The van der Waals surface area contributed by atoms with Crippen molar-refractivity contribution >= 4 is 17.7 Å². The number of nitrogens with zero attached hydrogens (tertiary/aromatic N) is 2. The van der Waals surface area contributed by atoms with E-state index >= 15 is 0 Å². The van der Waals surface area contributed by atoms with E-state index in [2.05, 4.69) is 15.3 Å². The summed E-state index contributed by atoms with van der Waals surface area (Å²) in [6, 6.07) is 0. The number of rotatable bonds is 5. The van der Waals surface area contributed by atoms with Crippen molar-refractivity contribution in [2.45, 2.75) is 11.7 Å². The second-order valence-electron chi connectivity index (χ2n) is 2.58. The highest BCUT2D eigenvalue weighted by Gasteiger charge is 1.98. The van der Waals surface area contributed by atoms with Crippen molar-refractivity contribution in [3.8, 4) is 0 Å². The molecular weight excluding hydrogens is 202 g/mol. The molecule has 0 spiro atoms. The maximum absolute atomic E-state index is 10.2. The van der Waals surface area contributed by atoms with Crippen molar-refractivity contribution < 1.29 is 9.90 Å². The Morgan fingerprint density at radius 2 is 2.21 bits per heavy atom. The van der Waals surface area contributed by atoms with E-state index in [-0.39, 0.29) is 6.54 Å². The molecule has 0 bridgehead atoms. The van der Waals surface area contributed by atoms with Gasteiger partial charge in [0.1, 0.15) is 0 Å². The smallest absolute Gasteiger partial charge is 0.317 e. The average Bonchev–Trinajstić information content (AvgIpc) is 2.18. The Bertz CT molecular complexity index is 302. The van der Waals surface area contributed by atoms with Gasteiger partial charge in [0.2, 0.25) is 0 Å². The molecule has 5 nitrogen and oxygen atoms in total. The van der Waals surface area contributed by atoms with E-state index in [1.807, 2.05) is 6.26 Å². The zero-order valence-corrected chi connectivity index (χ0v) is 8.54. The van der Waals surface area contributed by atoms with E-state index in [0.29, 0.717) is 11.7 Å². The summed E-state index contributed by atoms with van der Waals surface area (Å²) in [5.74, 6) is -0.869. The van der Waals surface area contributed by atoms with Crippen molar-refractivity contribution in [3.05, 3.63) is 18.0 Å². The Balaban J connectivity index is 2.40. The molecule has 0 unspecified atom stereocenters. The van der Waals surface area contributed by atoms with Gasteiger partial charge in [0.05, 0.1) is 6.54 Å². The molecule has 0 aliphatic rings. The summed E-state index contributed by atoms with van der Waals surface area (Å²) in [5.41, 5.74) is 0.879. The van der Waals surface area contributed by atoms with Crippen molar-refractivity contribution in [2.75, 3.05) is 12.8 Å². The van der Waals surface area contributed by atoms with Crippen molar-refractivity contribution in [2.24, 2.45) is 0 Å². The lowest BCUT2D eigenvalue weighted by Crippen LogP contribution is -2.22.